The van der Waals surface area contributed by atoms with Crippen molar-refractivity contribution in [2.24, 2.45) is 0 Å². The minimum atomic E-state index is -0.552. The van der Waals surface area contributed by atoms with Crippen LogP contribution in [0.25, 0.3) is 16.8 Å². The third kappa shape index (κ3) is 4.42. The summed E-state index contributed by atoms with van der Waals surface area (Å²) < 4.78 is 13.2. The van der Waals surface area contributed by atoms with Crippen LogP contribution in [0.5, 0.6) is 5.75 Å². The van der Waals surface area contributed by atoms with Gasteiger partial charge >= 0.3 is 6.09 Å². The maximum atomic E-state index is 12.6. The summed E-state index contributed by atoms with van der Waals surface area (Å²) in [6.07, 6.45) is 3.32. The Balaban J connectivity index is 1.65. The Morgan fingerprint density at radius 3 is 2.93 bits per heavy atom. The molecule has 0 aliphatic carbocycles. The monoisotopic (exact) mass is 395 g/mol. The van der Waals surface area contributed by atoms with Crippen molar-refractivity contribution in [2.45, 2.75) is 26.4 Å². The van der Waals surface area contributed by atoms with Crippen LogP contribution in [0.1, 0.15) is 20.8 Å². The minimum absolute atomic E-state index is 0.356. The molecule has 3 aromatic rings. The SMILES string of the molecule is CC(C)(C)OC(=O)N1CCNc2ccn3ncc(c3n2)-c2cccc(c2)OCC1. The third-order valence-corrected chi connectivity index (χ3v) is 4.48. The lowest BCUT2D eigenvalue weighted by atomic mass is 10.1. The Morgan fingerprint density at radius 1 is 1.24 bits per heavy atom. The number of hydrogen-bond acceptors (Lipinski definition) is 6. The van der Waals surface area contributed by atoms with E-state index in [1.54, 1.807) is 15.6 Å². The van der Waals surface area contributed by atoms with Crippen molar-refractivity contribution >= 4 is 17.6 Å². The minimum Gasteiger partial charge on any atom is -0.492 e. The van der Waals surface area contributed by atoms with Crippen LogP contribution in [0, 0.1) is 0 Å². The summed E-state index contributed by atoms with van der Waals surface area (Å²) in [5, 5.41) is 7.67. The first-order valence-corrected chi connectivity index (χ1v) is 9.68. The van der Waals surface area contributed by atoms with Gasteiger partial charge in [0.15, 0.2) is 5.65 Å². The van der Waals surface area contributed by atoms with E-state index in [4.69, 9.17) is 14.5 Å². The highest BCUT2D eigenvalue weighted by atomic mass is 16.6. The van der Waals surface area contributed by atoms with Crippen LogP contribution in [-0.4, -0.2) is 57.4 Å². The summed E-state index contributed by atoms with van der Waals surface area (Å²) in [5.41, 5.74) is 2.12. The Morgan fingerprint density at radius 2 is 2.10 bits per heavy atom. The van der Waals surface area contributed by atoms with E-state index < -0.39 is 5.60 Å². The summed E-state index contributed by atoms with van der Waals surface area (Å²) in [5.74, 6) is 1.46. The molecule has 29 heavy (non-hydrogen) atoms. The molecule has 1 aliphatic rings. The molecule has 0 radical (unpaired) electrons. The summed E-state index contributed by atoms with van der Waals surface area (Å²) >= 11 is 0. The lowest BCUT2D eigenvalue weighted by molar-refractivity contribution is 0.0234. The first-order valence-electron chi connectivity index (χ1n) is 9.68. The molecule has 2 aromatic heterocycles. The van der Waals surface area contributed by atoms with E-state index in [1.807, 2.05) is 57.3 Å². The average Bonchev–Trinajstić information content (AvgIpc) is 3.08. The highest BCUT2D eigenvalue weighted by molar-refractivity contribution is 5.78. The van der Waals surface area contributed by atoms with Gasteiger partial charge in [-0.05, 0) is 44.5 Å². The zero-order valence-corrected chi connectivity index (χ0v) is 16.9. The number of carbonyl (C=O) groups is 1. The van der Waals surface area contributed by atoms with Crippen LogP contribution in [0.15, 0.2) is 42.7 Å². The van der Waals surface area contributed by atoms with Gasteiger partial charge in [-0.2, -0.15) is 5.10 Å². The molecular formula is C21H25N5O3. The van der Waals surface area contributed by atoms with E-state index >= 15 is 0 Å². The van der Waals surface area contributed by atoms with Gasteiger partial charge in [0, 0.05) is 24.8 Å². The molecule has 152 valence electrons. The normalized spacial score (nSPS) is 14.8. The highest BCUT2D eigenvalue weighted by Crippen LogP contribution is 2.27. The average molecular weight is 395 g/mol. The smallest absolute Gasteiger partial charge is 0.410 e. The topological polar surface area (TPSA) is 81.0 Å². The Hall–Kier alpha value is -3.29. The second-order valence-electron chi connectivity index (χ2n) is 7.91. The lowest BCUT2D eigenvalue weighted by Crippen LogP contribution is -2.41. The van der Waals surface area contributed by atoms with Crippen molar-refractivity contribution in [3.63, 3.8) is 0 Å². The number of rotatable bonds is 0. The van der Waals surface area contributed by atoms with Crippen molar-refractivity contribution in [1.29, 1.82) is 0 Å². The second kappa shape index (κ2) is 7.62. The molecule has 0 spiro atoms. The molecule has 3 heterocycles. The molecule has 1 aliphatic heterocycles. The van der Waals surface area contributed by atoms with Crippen LogP contribution < -0.4 is 10.1 Å². The Bertz CT molecular complexity index is 1020. The summed E-state index contributed by atoms with van der Waals surface area (Å²) in [4.78, 5) is 18.9. The molecule has 0 atom stereocenters. The molecule has 0 fully saturated rings. The first kappa shape index (κ1) is 19.0. The standard InChI is InChI=1S/C21H25N5O3/c1-21(2,3)29-20(27)25-10-8-22-18-7-9-26-19(24-18)17(14-23-26)15-5-4-6-16(13-15)28-12-11-25/h4-7,9,13-14H,8,10-12H2,1-3H3,(H,22,24). The number of nitrogens with one attached hydrogen (secondary N) is 1. The Labute approximate surface area is 169 Å². The predicted molar refractivity (Wildman–Crippen MR) is 110 cm³/mol. The summed E-state index contributed by atoms with van der Waals surface area (Å²) in [6, 6.07) is 9.67. The van der Waals surface area contributed by atoms with Crippen molar-refractivity contribution in [2.75, 3.05) is 31.6 Å². The van der Waals surface area contributed by atoms with Gasteiger partial charge in [0.25, 0.3) is 0 Å². The maximum Gasteiger partial charge on any atom is 0.410 e. The van der Waals surface area contributed by atoms with Crippen LogP contribution in [0.2, 0.25) is 0 Å². The fraction of sp³-hybridized carbons (Fsp3) is 0.381. The zero-order valence-electron chi connectivity index (χ0n) is 16.9. The van der Waals surface area contributed by atoms with E-state index in [-0.39, 0.29) is 6.09 Å². The fourth-order valence-corrected chi connectivity index (χ4v) is 3.14. The van der Waals surface area contributed by atoms with Gasteiger partial charge in [-0.1, -0.05) is 12.1 Å². The van der Waals surface area contributed by atoms with Crippen LogP contribution in [0.3, 0.4) is 0 Å². The summed E-state index contributed by atoms with van der Waals surface area (Å²) in [7, 11) is 0. The van der Waals surface area contributed by atoms with E-state index in [0.29, 0.717) is 26.2 Å². The van der Waals surface area contributed by atoms with E-state index in [0.717, 1.165) is 28.3 Å². The van der Waals surface area contributed by atoms with Crippen molar-refractivity contribution in [3.05, 3.63) is 42.7 Å². The lowest BCUT2D eigenvalue weighted by Gasteiger charge is -2.27. The molecule has 0 saturated carbocycles. The van der Waals surface area contributed by atoms with Gasteiger partial charge in [0.05, 0.1) is 12.7 Å². The van der Waals surface area contributed by atoms with Gasteiger partial charge in [-0.15, -0.1) is 0 Å². The number of aromatic nitrogens is 3. The van der Waals surface area contributed by atoms with Crippen molar-refractivity contribution in [1.82, 2.24) is 19.5 Å². The predicted octanol–water partition coefficient (Wildman–Crippen LogP) is 3.44. The molecule has 0 saturated heterocycles. The molecule has 4 rings (SSSR count). The Kier molecular flexibility index (Phi) is 5.00. The van der Waals surface area contributed by atoms with Crippen molar-refractivity contribution in [3.8, 4) is 16.9 Å². The quantitative estimate of drug-likeness (QED) is 0.628. The third-order valence-electron chi connectivity index (χ3n) is 4.48. The molecular weight excluding hydrogens is 370 g/mol. The summed E-state index contributed by atoms with van der Waals surface area (Å²) in [6.45, 7) is 7.38. The maximum absolute atomic E-state index is 12.6. The second-order valence-corrected chi connectivity index (χ2v) is 7.91. The molecule has 8 nitrogen and oxygen atoms in total. The number of nitrogens with zero attached hydrogens (tertiary/aromatic N) is 4. The number of fused-ring (bicyclic) bond motifs is 4. The van der Waals surface area contributed by atoms with Gasteiger partial charge in [0.2, 0.25) is 0 Å². The van der Waals surface area contributed by atoms with E-state index in [2.05, 4.69) is 10.4 Å². The fourth-order valence-electron chi connectivity index (χ4n) is 3.14. The van der Waals surface area contributed by atoms with E-state index in [1.165, 1.54) is 0 Å². The van der Waals surface area contributed by atoms with Gasteiger partial charge in [-0.3, -0.25) is 0 Å². The highest BCUT2D eigenvalue weighted by Gasteiger charge is 2.22. The first-order chi connectivity index (χ1) is 13.9. The van der Waals surface area contributed by atoms with E-state index in [9.17, 15) is 4.79 Å². The largest absolute Gasteiger partial charge is 0.492 e. The van der Waals surface area contributed by atoms with Gasteiger partial charge in [-0.25, -0.2) is 14.3 Å². The molecule has 8 heteroatoms. The van der Waals surface area contributed by atoms with Crippen LogP contribution >= 0.6 is 0 Å². The zero-order chi connectivity index (χ0) is 20.4. The van der Waals surface area contributed by atoms with Gasteiger partial charge < -0.3 is 19.7 Å². The molecule has 0 unspecified atom stereocenters. The number of hydrogen-bond donors (Lipinski definition) is 1. The number of anilines is 1. The number of ether oxygens (including phenoxy) is 2. The number of carbonyl (C=O) groups excluding carboxylic acids is 1. The number of amides is 1. The molecule has 1 aromatic carbocycles. The van der Waals surface area contributed by atoms with Gasteiger partial charge in [0.1, 0.15) is 23.8 Å². The molecule has 4 bridgehead atoms. The molecule has 1 amide bonds. The number of benzene rings is 1. The van der Waals surface area contributed by atoms with Crippen LogP contribution in [-0.2, 0) is 4.74 Å². The van der Waals surface area contributed by atoms with Crippen molar-refractivity contribution < 1.29 is 14.3 Å². The molecule has 1 N–H and O–H groups in total. The van der Waals surface area contributed by atoms with Crippen LogP contribution in [0.4, 0.5) is 10.6 Å².